The molecule has 0 aliphatic rings. The zero-order chi connectivity index (χ0) is 9.83. The van der Waals surface area contributed by atoms with Crippen LogP contribution in [0.2, 0.25) is 0 Å². The lowest BCUT2D eigenvalue weighted by Crippen LogP contribution is -2.12. The normalized spacial score (nSPS) is 13.2. The minimum Gasteiger partial charge on any atom is -0.303 e. The summed E-state index contributed by atoms with van der Waals surface area (Å²) in [5, 5.41) is 0. The fourth-order valence-electron chi connectivity index (χ4n) is 0.347. The van der Waals surface area contributed by atoms with Crippen LogP contribution in [0, 0.1) is 0 Å². The van der Waals surface area contributed by atoms with Crippen LogP contribution in [0.5, 0.6) is 0 Å². The molecule has 0 unspecified atom stereocenters. The van der Waals surface area contributed by atoms with Crippen molar-refractivity contribution >= 4 is 17.9 Å². The van der Waals surface area contributed by atoms with E-state index in [1.165, 1.54) is 6.92 Å². The van der Waals surface area contributed by atoms with Crippen molar-refractivity contribution in [2.75, 3.05) is 12.5 Å². The van der Waals surface area contributed by atoms with Gasteiger partial charge in [-0.15, -0.1) is 0 Å². The molecule has 74 valence electrons. The zero-order valence-electron chi connectivity index (χ0n) is 6.21. The van der Waals surface area contributed by atoms with Crippen LogP contribution >= 0.6 is 7.82 Å². The topological polar surface area (TPSA) is 110 Å². The second-order valence-corrected chi connectivity index (χ2v) is 4.53. The highest BCUT2D eigenvalue weighted by Crippen LogP contribution is 2.35. The third-order valence-corrected chi connectivity index (χ3v) is 2.30. The fourth-order valence-corrected chi connectivity index (χ4v) is 1.84. The predicted molar refractivity (Wildman–Crippen MR) is 38.5 cm³/mol. The van der Waals surface area contributed by atoms with Crippen LogP contribution in [-0.2, 0) is 23.4 Å². The van der Waals surface area contributed by atoms with Crippen LogP contribution in [0.25, 0.3) is 0 Å². The van der Waals surface area contributed by atoms with E-state index in [2.05, 4.69) is 8.71 Å². The van der Waals surface area contributed by atoms with E-state index in [4.69, 9.17) is 9.79 Å². The first-order valence-corrected chi connectivity index (χ1v) is 5.95. The Balaban J connectivity index is 4.02. The highest BCUT2D eigenvalue weighted by molar-refractivity contribution is 7.86. The van der Waals surface area contributed by atoms with Gasteiger partial charge < -0.3 is 9.79 Å². The van der Waals surface area contributed by atoms with Gasteiger partial charge in [0.25, 0.3) is 10.1 Å². The Morgan fingerprint density at radius 1 is 1.42 bits per heavy atom. The zero-order valence-corrected chi connectivity index (χ0v) is 7.92. The van der Waals surface area contributed by atoms with Crippen molar-refractivity contribution in [3.8, 4) is 0 Å². The van der Waals surface area contributed by atoms with Gasteiger partial charge in [-0.05, 0) is 6.92 Å². The first-order valence-electron chi connectivity index (χ1n) is 2.84. The van der Waals surface area contributed by atoms with Gasteiger partial charge >= 0.3 is 7.82 Å². The summed E-state index contributed by atoms with van der Waals surface area (Å²) in [4.78, 5) is 16.2. The Hall–Kier alpha value is 0.0200. The standard InChI is InChI=1S/C3H9O7PS/c1-2-10-12(7,8)3-9-11(4,5)6/h2-3H2,1H3,(H2,4,5,6). The molecular formula is C3H9O7PS. The van der Waals surface area contributed by atoms with Crippen LogP contribution in [0.3, 0.4) is 0 Å². The van der Waals surface area contributed by atoms with Crippen molar-refractivity contribution in [3.63, 3.8) is 0 Å². The van der Waals surface area contributed by atoms with E-state index in [1.54, 1.807) is 0 Å². The van der Waals surface area contributed by atoms with Gasteiger partial charge in [-0.1, -0.05) is 0 Å². The molecule has 0 amide bonds. The highest BCUT2D eigenvalue weighted by Gasteiger charge is 2.20. The molecular weight excluding hydrogens is 211 g/mol. The van der Waals surface area contributed by atoms with Crippen molar-refractivity contribution in [2.45, 2.75) is 6.92 Å². The summed E-state index contributed by atoms with van der Waals surface area (Å²) in [6.45, 7) is 1.32. The Morgan fingerprint density at radius 3 is 2.25 bits per heavy atom. The van der Waals surface area contributed by atoms with E-state index in [9.17, 15) is 13.0 Å². The lowest BCUT2D eigenvalue weighted by molar-refractivity contribution is 0.212. The van der Waals surface area contributed by atoms with Gasteiger partial charge in [-0.2, -0.15) is 8.42 Å². The first-order chi connectivity index (χ1) is 5.27. The Morgan fingerprint density at radius 2 is 1.92 bits per heavy atom. The van der Waals surface area contributed by atoms with Crippen LogP contribution in [0.15, 0.2) is 0 Å². The number of rotatable bonds is 5. The molecule has 0 saturated carbocycles. The van der Waals surface area contributed by atoms with E-state index >= 15 is 0 Å². The maximum Gasteiger partial charge on any atom is 0.470 e. The summed E-state index contributed by atoms with van der Waals surface area (Å²) in [7, 11) is -8.72. The summed E-state index contributed by atoms with van der Waals surface area (Å²) >= 11 is 0. The lowest BCUT2D eigenvalue weighted by Gasteiger charge is -2.04. The number of phosphoric acid groups is 1. The average Bonchev–Trinajstić information content (AvgIpc) is 1.83. The second-order valence-electron chi connectivity index (χ2n) is 1.70. The van der Waals surface area contributed by atoms with Gasteiger partial charge in [0.1, 0.15) is 0 Å². The Labute approximate surface area is 69.7 Å². The molecule has 0 rings (SSSR count). The molecule has 9 heteroatoms. The van der Waals surface area contributed by atoms with E-state index < -0.39 is 23.9 Å². The first kappa shape index (κ1) is 12.0. The SMILES string of the molecule is CCOS(=O)(=O)COP(=O)(O)O. The Bertz CT molecular complexity index is 262. The smallest absolute Gasteiger partial charge is 0.303 e. The number of hydrogen-bond acceptors (Lipinski definition) is 5. The minimum absolute atomic E-state index is 0.104. The molecule has 0 radical (unpaired) electrons. The maximum atomic E-state index is 10.6. The lowest BCUT2D eigenvalue weighted by atomic mass is 10.9. The molecule has 0 aromatic carbocycles. The summed E-state index contributed by atoms with van der Waals surface area (Å²) in [5.74, 6) is -1.15. The summed E-state index contributed by atoms with van der Waals surface area (Å²) in [6.07, 6.45) is 0. The molecule has 0 saturated heterocycles. The summed E-state index contributed by atoms with van der Waals surface area (Å²) < 4.78 is 39.0. The maximum absolute atomic E-state index is 10.6. The highest BCUT2D eigenvalue weighted by atomic mass is 32.2. The van der Waals surface area contributed by atoms with Crippen LogP contribution in [0.1, 0.15) is 6.92 Å². The van der Waals surface area contributed by atoms with Crippen LogP contribution in [-0.4, -0.2) is 30.8 Å². The van der Waals surface area contributed by atoms with Gasteiger partial charge in [-0.25, -0.2) is 4.57 Å². The van der Waals surface area contributed by atoms with Gasteiger partial charge in [0.15, 0.2) is 5.94 Å². The molecule has 0 aromatic rings. The molecule has 0 bridgehead atoms. The third kappa shape index (κ3) is 6.71. The van der Waals surface area contributed by atoms with E-state index in [0.717, 1.165) is 0 Å². The van der Waals surface area contributed by atoms with Crippen molar-refractivity contribution in [1.82, 2.24) is 0 Å². The van der Waals surface area contributed by atoms with Crippen molar-refractivity contribution in [1.29, 1.82) is 0 Å². The largest absolute Gasteiger partial charge is 0.470 e. The van der Waals surface area contributed by atoms with Crippen LogP contribution < -0.4 is 0 Å². The molecule has 0 spiro atoms. The molecule has 2 N–H and O–H groups in total. The summed E-state index contributed by atoms with van der Waals surface area (Å²) in [5.41, 5.74) is 0. The van der Waals surface area contributed by atoms with Gasteiger partial charge in [0, 0.05) is 0 Å². The average molecular weight is 220 g/mol. The molecule has 0 atom stereocenters. The van der Waals surface area contributed by atoms with Crippen molar-refractivity contribution < 1.29 is 31.5 Å². The van der Waals surface area contributed by atoms with Crippen LogP contribution in [0.4, 0.5) is 0 Å². The van der Waals surface area contributed by atoms with E-state index in [1.807, 2.05) is 0 Å². The van der Waals surface area contributed by atoms with E-state index in [-0.39, 0.29) is 6.61 Å². The third-order valence-electron chi connectivity index (χ3n) is 0.663. The van der Waals surface area contributed by atoms with Gasteiger partial charge in [-0.3, -0.25) is 8.71 Å². The summed E-state index contributed by atoms with van der Waals surface area (Å²) in [6, 6.07) is 0. The molecule has 0 heterocycles. The quantitative estimate of drug-likeness (QED) is 0.471. The molecule has 0 aromatic heterocycles. The van der Waals surface area contributed by atoms with Crippen molar-refractivity contribution in [3.05, 3.63) is 0 Å². The molecule has 12 heavy (non-hydrogen) atoms. The molecule has 0 aliphatic carbocycles. The number of phosphoric ester groups is 1. The minimum atomic E-state index is -4.74. The monoisotopic (exact) mass is 220 g/mol. The van der Waals surface area contributed by atoms with Gasteiger partial charge in [0.05, 0.1) is 6.61 Å². The predicted octanol–water partition coefficient (Wildman–Crippen LogP) is -0.580. The molecule has 0 fully saturated rings. The fraction of sp³-hybridized carbons (Fsp3) is 1.00. The van der Waals surface area contributed by atoms with E-state index in [0.29, 0.717) is 0 Å². The number of hydrogen-bond donors (Lipinski definition) is 2. The second kappa shape index (κ2) is 4.31. The Kier molecular flexibility index (Phi) is 4.32. The van der Waals surface area contributed by atoms with Crippen molar-refractivity contribution in [2.24, 2.45) is 0 Å². The molecule has 7 nitrogen and oxygen atoms in total. The van der Waals surface area contributed by atoms with Gasteiger partial charge in [0.2, 0.25) is 0 Å². The molecule has 0 aliphatic heterocycles.